The lowest BCUT2D eigenvalue weighted by molar-refractivity contribution is 0.0698. The van der Waals surface area contributed by atoms with E-state index in [1.54, 1.807) is 6.07 Å². The summed E-state index contributed by atoms with van der Waals surface area (Å²) in [4.78, 5) is 11.6. The van der Waals surface area contributed by atoms with Crippen molar-refractivity contribution in [2.24, 2.45) is 0 Å². The van der Waals surface area contributed by atoms with Crippen LogP contribution in [0.3, 0.4) is 0 Å². The third-order valence-corrected chi connectivity index (χ3v) is 3.97. The number of hydrogen-bond donors (Lipinski definition) is 2. The number of benzene rings is 3. The number of carboxylic acid groups (broad SMARTS) is 1. The highest BCUT2D eigenvalue weighted by Gasteiger charge is 2.17. The van der Waals surface area contributed by atoms with Crippen LogP contribution < -0.4 is 5.32 Å². The summed E-state index contributed by atoms with van der Waals surface area (Å²) in [5.74, 6) is -0.930. The molecule has 0 unspecified atom stereocenters. The van der Waals surface area contributed by atoms with Crippen LogP contribution in [0.15, 0.2) is 78.9 Å². The van der Waals surface area contributed by atoms with Gasteiger partial charge in [0.1, 0.15) is 0 Å². The van der Waals surface area contributed by atoms with Gasteiger partial charge in [0.05, 0.1) is 11.6 Å². The Bertz CT molecular complexity index is 789. The van der Waals surface area contributed by atoms with Gasteiger partial charge in [-0.1, -0.05) is 72.3 Å². The van der Waals surface area contributed by atoms with E-state index in [2.05, 4.69) is 5.32 Å². The van der Waals surface area contributed by atoms with Gasteiger partial charge in [0.15, 0.2) is 0 Å². The van der Waals surface area contributed by atoms with Crippen LogP contribution in [0.4, 0.5) is 5.69 Å². The van der Waals surface area contributed by atoms with Crippen LogP contribution in [0.5, 0.6) is 0 Å². The summed E-state index contributed by atoms with van der Waals surface area (Å²) in [6, 6.07) is 25.4. The van der Waals surface area contributed by atoms with Gasteiger partial charge in [-0.2, -0.15) is 0 Å². The first kappa shape index (κ1) is 15.8. The molecule has 0 saturated heterocycles. The second-order valence-corrected chi connectivity index (χ2v) is 5.75. The zero-order chi connectivity index (χ0) is 16.9. The molecule has 0 aliphatic carbocycles. The van der Waals surface area contributed by atoms with Crippen molar-refractivity contribution in [3.63, 3.8) is 0 Å². The quantitative estimate of drug-likeness (QED) is 0.704. The van der Waals surface area contributed by atoms with Crippen molar-refractivity contribution in [1.29, 1.82) is 0 Å². The lowest BCUT2D eigenvalue weighted by atomic mass is 9.97. The lowest BCUT2D eigenvalue weighted by Crippen LogP contribution is -2.15. The topological polar surface area (TPSA) is 49.3 Å². The van der Waals surface area contributed by atoms with Crippen LogP contribution in [0.1, 0.15) is 33.1 Å². The molecule has 3 heteroatoms. The molecule has 120 valence electrons. The van der Waals surface area contributed by atoms with E-state index in [1.165, 1.54) is 0 Å². The first-order chi connectivity index (χ1) is 11.6. The molecule has 3 aromatic carbocycles. The summed E-state index contributed by atoms with van der Waals surface area (Å²) in [6.45, 7) is 1.89. The van der Waals surface area contributed by atoms with Crippen molar-refractivity contribution in [2.75, 3.05) is 5.32 Å². The molecule has 3 nitrogen and oxygen atoms in total. The van der Waals surface area contributed by atoms with Gasteiger partial charge in [-0.3, -0.25) is 0 Å². The lowest BCUT2D eigenvalue weighted by Gasteiger charge is -2.22. The van der Waals surface area contributed by atoms with Crippen LogP contribution in [0.2, 0.25) is 0 Å². The Labute approximate surface area is 141 Å². The Hall–Kier alpha value is -3.07. The maximum atomic E-state index is 11.6. The van der Waals surface area contributed by atoms with E-state index in [4.69, 9.17) is 0 Å². The number of carbonyl (C=O) groups is 1. The number of nitrogens with one attached hydrogen (secondary N) is 1. The van der Waals surface area contributed by atoms with Gasteiger partial charge in [0, 0.05) is 5.69 Å². The van der Waals surface area contributed by atoms with Crippen LogP contribution >= 0.6 is 0 Å². The molecule has 0 atom stereocenters. The number of aryl methyl sites for hydroxylation is 1. The molecule has 0 radical (unpaired) electrons. The van der Waals surface area contributed by atoms with Crippen molar-refractivity contribution >= 4 is 11.7 Å². The minimum Gasteiger partial charge on any atom is -0.478 e. The van der Waals surface area contributed by atoms with Gasteiger partial charge in [-0.05, 0) is 30.2 Å². The predicted octanol–water partition coefficient (Wildman–Crippen LogP) is 4.89. The van der Waals surface area contributed by atoms with Crippen LogP contribution in [0.25, 0.3) is 0 Å². The minimum atomic E-state index is -0.930. The van der Waals surface area contributed by atoms with E-state index in [0.29, 0.717) is 5.69 Å². The largest absolute Gasteiger partial charge is 0.478 e. The maximum absolute atomic E-state index is 11.6. The minimum absolute atomic E-state index is 0.117. The Kier molecular flexibility index (Phi) is 4.62. The molecule has 2 N–H and O–H groups in total. The number of hydrogen-bond acceptors (Lipinski definition) is 2. The summed E-state index contributed by atoms with van der Waals surface area (Å²) in [6.07, 6.45) is 0. The summed E-state index contributed by atoms with van der Waals surface area (Å²) in [5, 5.41) is 12.9. The molecule has 0 saturated carbocycles. The molecule has 24 heavy (non-hydrogen) atoms. The molecule has 3 aromatic rings. The van der Waals surface area contributed by atoms with Crippen molar-refractivity contribution in [1.82, 2.24) is 0 Å². The van der Waals surface area contributed by atoms with E-state index in [-0.39, 0.29) is 11.6 Å². The molecule has 0 fully saturated rings. The molecule has 0 aliphatic rings. The van der Waals surface area contributed by atoms with Gasteiger partial charge in [0.2, 0.25) is 0 Å². The molecule has 0 aliphatic heterocycles. The Morgan fingerprint density at radius 2 is 1.42 bits per heavy atom. The van der Waals surface area contributed by atoms with Gasteiger partial charge in [-0.15, -0.1) is 0 Å². The second-order valence-electron chi connectivity index (χ2n) is 5.75. The van der Waals surface area contributed by atoms with E-state index in [9.17, 15) is 9.90 Å². The summed E-state index contributed by atoms with van der Waals surface area (Å²) >= 11 is 0. The smallest absolute Gasteiger partial charge is 0.337 e. The average molecular weight is 317 g/mol. The fourth-order valence-corrected chi connectivity index (χ4v) is 2.77. The van der Waals surface area contributed by atoms with E-state index in [1.807, 2.05) is 79.7 Å². The molecule has 0 bridgehead atoms. The Morgan fingerprint density at radius 3 is 1.92 bits per heavy atom. The zero-order valence-electron chi connectivity index (χ0n) is 13.4. The first-order valence-electron chi connectivity index (χ1n) is 7.85. The average Bonchev–Trinajstić information content (AvgIpc) is 2.62. The van der Waals surface area contributed by atoms with Crippen molar-refractivity contribution in [3.05, 3.63) is 101 Å². The highest BCUT2D eigenvalue weighted by atomic mass is 16.4. The predicted molar refractivity (Wildman–Crippen MR) is 96.5 cm³/mol. The van der Waals surface area contributed by atoms with E-state index >= 15 is 0 Å². The van der Waals surface area contributed by atoms with Gasteiger partial charge in [0.25, 0.3) is 0 Å². The summed E-state index contributed by atoms with van der Waals surface area (Å²) < 4.78 is 0. The summed E-state index contributed by atoms with van der Waals surface area (Å²) in [7, 11) is 0. The molecule has 0 spiro atoms. The molecule has 0 aromatic heterocycles. The standard InChI is InChI=1S/C21H19NO2/c1-15-12-13-19(18(14-15)21(23)24)22-20(16-8-4-2-5-9-16)17-10-6-3-7-11-17/h2-14,20,22H,1H3,(H,23,24). The molecular weight excluding hydrogens is 298 g/mol. The number of rotatable bonds is 5. The van der Waals surface area contributed by atoms with Crippen LogP contribution in [-0.4, -0.2) is 11.1 Å². The van der Waals surface area contributed by atoms with E-state index in [0.717, 1.165) is 16.7 Å². The van der Waals surface area contributed by atoms with E-state index < -0.39 is 5.97 Å². The highest BCUT2D eigenvalue weighted by Crippen LogP contribution is 2.28. The third kappa shape index (κ3) is 3.46. The molecule has 0 amide bonds. The SMILES string of the molecule is Cc1ccc(NC(c2ccccc2)c2ccccc2)c(C(=O)O)c1. The zero-order valence-corrected chi connectivity index (χ0v) is 13.4. The first-order valence-corrected chi connectivity index (χ1v) is 7.85. The molecular formula is C21H19NO2. The third-order valence-electron chi connectivity index (χ3n) is 3.97. The highest BCUT2D eigenvalue weighted by molar-refractivity contribution is 5.94. The summed E-state index contributed by atoms with van der Waals surface area (Å²) in [5.41, 5.74) is 3.99. The normalized spacial score (nSPS) is 10.6. The number of carboxylic acids is 1. The monoisotopic (exact) mass is 317 g/mol. The van der Waals surface area contributed by atoms with Crippen molar-refractivity contribution in [3.8, 4) is 0 Å². The second kappa shape index (κ2) is 7.01. The van der Waals surface area contributed by atoms with Gasteiger partial charge >= 0.3 is 5.97 Å². The van der Waals surface area contributed by atoms with Crippen molar-refractivity contribution in [2.45, 2.75) is 13.0 Å². The Morgan fingerprint density at radius 1 is 0.875 bits per heavy atom. The Balaban J connectivity index is 2.04. The van der Waals surface area contributed by atoms with Crippen LogP contribution in [0, 0.1) is 6.92 Å². The van der Waals surface area contributed by atoms with Gasteiger partial charge < -0.3 is 10.4 Å². The number of anilines is 1. The van der Waals surface area contributed by atoms with Gasteiger partial charge in [-0.25, -0.2) is 4.79 Å². The van der Waals surface area contributed by atoms with Crippen LogP contribution in [-0.2, 0) is 0 Å². The molecule has 3 rings (SSSR count). The fraction of sp³-hybridized carbons (Fsp3) is 0.0952. The number of aromatic carboxylic acids is 1. The fourth-order valence-electron chi connectivity index (χ4n) is 2.77. The molecule has 0 heterocycles. The maximum Gasteiger partial charge on any atom is 0.337 e. The van der Waals surface area contributed by atoms with Crippen molar-refractivity contribution < 1.29 is 9.90 Å².